The number of fused-ring (bicyclic) bond motifs is 1. The number of amides is 3. The average Bonchev–Trinajstić information content (AvgIpc) is 3.15. The van der Waals surface area contributed by atoms with Gasteiger partial charge in [-0.1, -0.05) is 53.7 Å². The maximum absolute atomic E-state index is 13.0. The molecule has 0 saturated carbocycles. The van der Waals surface area contributed by atoms with Gasteiger partial charge in [0.1, 0.15) is 0 Å². The van der Waals surface area contributed by atoms with Crippen LogP contribution in [0.2, 0.25) is 5.02 Å². The van der Waals surface area contributed by atoms with Crippen LogP contribution in [0.1, 0.15) is 22.8 Å². The summed E-state index contributed by atoms with van der Waals surface area (Å²) in [5, 5.41) is 1.24. The number of nitrogens with one attached hydrogen (secondary N) is 1. The highest BCUT2D eigenvalue weighted by atomic mass is 35.5. The number of para-hydroxylation sites is 1. The van der Waals surface area contributed by atoms with E-state index in [1.807, 2.05) is 25.1 Å². The Balaban J connectivity index is 1.69. The Morgan fingerprint density at radius 1 is 1.10 bits per heavy atom. The topological polar surface area (TPSA) is 69.7 Å². The normalized spacial score (nSPS) is 18.5. The lowest BCUT2D eigenvalue weighted by Crippen LogP contribution is -2.45. The molecule has 1 fully saturated rings. The molecule has 2 aliphatic heterocycles. The largest absolute Gasteiger partial charge is 0.308 e. The van der Waals surface area contributed by atoms with Gasteiger partial charge < -0.3 is 4.90 Å². The quantitative estimate of drug-likeness (QED) is 0.579. The van der Waals surface area contributed by atoms with E-state index in [2.05, 4.69) is 5.43 Å². The van der Waals surface area contributed by atoms with E-state index in [1.54, 1.807) is 35.2 Å². The molecule has 0 unspecified atom stereocenters. The molecule has 1 saturated heterocycles. The molecule has 0 radical (unpaired) electrons. The Morgan fingerprint density at radius 3 is 2.52 bits per heavy atom. The van der Waals surface area contributed by atoms with E-state index in [9.17, 15) is 14.4 Å². The van der Waals surface area contributed by atoms with Crippen molar-refractivity contribution in [2.24, 2.45) is 0 Å². The number of carbonyl (C=O) groups is 3. The Morgan fingerprint density at radius 2 is 1.79 bits per heavy atom. The molecule has 2 aromatic rings. The predicted molar refractivity (Wildman–Crippen MR) is 117 cm³/mol. The molecular formula is C20H14ClN3O3S2. The number of thioether (sulfide) groups is 1. The third kappa shape index (κ3) is 3.23. The number of hydrogen-bond donors (Lipinski definition) is 1. The van der Waals surface area contributed by atoms with Gasteiger partial charge in [0.2, 0.25) is 0 Å². The van der Waals surface area contributed by atoms with Gasteiger partial charge in [-0.05, 0) is 37.3 Å². The highest BCUT2D eigenvalue weighted by Crippen LogP contribution is 2.44. The zero-order valence-corrected chi connectivity index (χ0v) is 17.5. The summed E-state index contributed by atoms with van der Waals surface area (Å²) in [4.78, 5) is 40.4. The van der Waals surface area contributed by atoms with E-state index in [-0.39, 0.29) is 25.7 Å². The summed E-state index contributed by atoms with van der Waals surface area (Å²) in [6.07, 6.45) is 0. The van der Waals surface area contributed by atoms with Crippen LogP contribution in [0.15, 0.2) is 53.4 Å². The number of nitrogens with zero attached hydrogens (tertiary/aromatic N) is 2. The SMILES string of the molecule is CCN1C(=O)C(=C2SC(=S)N(NC(=O)c3ccccc3Cl)C2=O)c2ccccc21. The molecule has 3 amide bonds. The molecule has 6 nitrogen and oxygen atoms in total. The van der Waals surface area contributed by atoms with Gasteiger partial charge in [-0.15, -0.1) is 0 Å². The maximum Gasteiger partial charge on any atom is 0.286 e. The Labute approximate surface area is 181 Å². The molecule has 9 heteroatoms. The van der Waals surface area contributed by atoms with Crippen LogP contribution in [0, 0.1) is 0 Å². The number of hydrazine groups is 1. The van der Waals surface area contributed by atoms with Crippen molar-refractivity contribution in [2.45, 2.75) is 6.92 Å². The smallest absolute Gasteiger partial charge is 0.286 e. The lowest BCUT2D eigenvalue weighted by molar-refractivity contribution is -0.124. The van der Waals surface area contributed by atoms with E-state index in [1.165, 1.54) is 0 Å². The first-order chi connectivity index (χ1) is 13.9. The second-order valence-corrected chi connectivity index (χ2v) is 8.25. The highest BCUT2D eigenvalue weighted by Gasteiger charge is 2.42. The van der Waals surface area contributed by atoms with Gasteiger partial charge in [0.05, 0.1) is 26.8 Å². The van der Waals surface area contributed by atoms with Crippen LogP contribution in [0.4, 0.5) is 5.69 Å². The summed E-state index contributed by atoms with van der Waals surface area (Å²) >= 11 is 12.3. The molecule has 0 bridgehead atoms. The van der Waals surface area contributed by atoms with Crippen molar-refractivity contribution in [3.8, 4) is 0 Å². The summed E-state index contributed by atoms with van der Waals surface area (Å²) in [6.45, 7) is 2.34. The standard InChI is InChI=1S/C20H14ClN3O3S2/c1-2-23-14-10-6-4-8-12(14)15(18(23)26)16-19(27)24(20(28)29-16)22-17(25)11-7-3-5-9-13(11)21/h3-10H,2H2,1H3,(H,22,25). The van der Waals surface area contributed by atoms with Crippen molar-refractivity contribution >= 4 is 68.9 Å². The number of benzene rings is 2. The lowest BCUT2D eigenvalue weighted by atomic mass is 10.1. The van der Waals surface area contributed by atoms with E-state index >= 15 is 0 Å². The van der Waals surface area contributed by atoms with E-state index in [0.717, 1.165) is 22.5 Å². The van der Waals surface area contributed by atoms with Gasteiger partial charge in [0, 0.05) is 12.1 Å². The lowest BCUT2D eigenvalue weighted by Gasteiger charge is -2.16. The summed E-state index contributed by atoms with van der Waals surface area (Å²) in [5.41, 5.74) is 4.44. The van der Waals surface area contributed by atoms with Crippen LogP contribution in [0.25, 0.3) is 5.57 Å². The zero-order chi connectivity index (χ0) is 20.7. The summed E-state index contributed by atoms with van der Waals surface area (Å²) in [5.74, 6) is -1.37. The first-order valence-electron chi connectivity index (χ1n) is 8.71. The van der Waals surface area contributed by atoms with Crippen molar-refractivity contribution in [2.75, 3.05) is 11.4 Å². The van der Waals surface area contributed by atoms with Crippen molar-refractivity contribution in [1.29, 1.82) is 0 Å². The Bertz CT molecular complexity index is 1120. The first-order valence-corrected chi connectivity index (χ1v) is 10.3. The molecule has 1 N–H and O–H groups in total. The molecule has 0 aliphatic carbocycles. The number of rotatable bonds is 3. The molecule has 29 heavy (non-hydrogen) atoms. The number of likely N-dealkylation sites (N-methyl/N-ethyl adjacent to an activating group) is 1. The predicted octanol–water partition coefficient (Wildman–Crippen LogP) is 3.62. The minimum Gasteiger partial charge on any atom is -0.308 e. The van der Waals surface area contributed by atoms with Gasteiger partial charge >= 0.3 is 0 Å². The van der Waals surface area contributed by atoms with Crippen molar-refractivity contribution in [3.05, 3.63) is 69.6 Å². The number of anilines is 1. The van der Waals surface area contributed by atoms with Crippen molar-refractivity contribution in [3.63, 3.8) is 0 Å². The van der Waals surface area contributed by atoms with E-state index in [0.29, 0.717) is 17.7 Å². The summed E-state index contributed by atoms with van der Waals surface area (Å²) < 4.78 is 0.137. The molecule has 0 spiro atoms. The van der Waals surface area contributed by atoms with Crippen molar-refractivity contribution in [1.82, 2.24) is 10.4 Å². The fraction of sp³-hybridized carbons (Fsp3) is 0.100. The monoisotopic (exact) mass is 443 g/mol. The fourth-order valence-electron chi connectivity index (χ4n) is 3.24. The van der Waals surface area contributed by atoms with Crippen LogP contribution in [0.5, 0.6) is 0 Å². The molecule has 146 valence electrons. The number of hydrogen-bond acceptors (Lipinski definition) is 5. The first kappa shape index (κ1) is 19.6. The van der Waals surface area contributed by atoms with Crippen molar-refractivity contribution < 1.29 is 14.4 Å². The second kappa shape index (κ2) is 7.62. The number of thiocarbonyl (C=S) groups is 1. The van der Waals surface area contributed by atoms with Crippen LogP contribution in [-0.4, -0.2) is 33.6 Å². The van der Waals surface area contributed by atoms with Gasteiger partial charge in [-0.2, -0.15) is 5.01 Å². The Kier molecular flexibility index (Phi) is 5.16. The maximum atomic E-state index is 13.0. The van der Waals surface area contributed by atoms with Crippen LogP contribution in [-0.2, 0) is 9.59 Å². The second-order valence-electron chi connectivity index (χ2n) is 6.20. The Hall–Kier alpha value is -2.68. The third-order valence-electron chi connectivity index (χ3n) is 4.57. The van der Waals surface area contributed by atoms with Crippen LogP contribution < -0.4 is 10.3 Å². The third-order valence-corrected chi connectivity index (χ3v) is 6.27. The van der Waals surface area contributed by atoms with Gasteiger partial charge in [0.25, 0.3) is 17.7 Å². The molecular weight excluding hydrogens is 430 g/mol. The minimum absolute atomic E-state index is 0.137. The molecule has 2 aliphatic rings. The van der Waals surface area contributed by atoms with Crippen LogP contribution >= 0.6 is 35.6 Å². The number of carbonyl (C=O) groups excluding carboxylic acids is 3. The minimum atomic E-state index is -0.563. The summed E-state index contributed by atoms with van der Waals surface area (Å²) in [6, 6.07) is 13.8. The molecule has 2 heterocycles. The molecule has 4 rings (SSSR count). The van der Waals surface area contributed by atoms with Gasteiger partial charge in [-0.25, -0.2) is 0 Å². The summed E-state index contributed by atoms with van der Waals surface area (Å²) in [7, 11) is 0. The van der Waals surface area contributed by atoms with Gasteiger partial charge in [-0.3, -0.25) is 19.8 Å². The highest BCUT2D eigenvalue weighted by molar-refractivity contribution is 8.26. The van der Waals surface area contributed by atoms with E-state index < -0.39 is 11.8 Å². The average molecular weight is 444 g/mol. The molecule has 0 aromatic heterocycles. The molecule has 2 aromatic carbocycles. The zero-order valence-electron chi connectivity index (χ0n) is 15.1. The molecule has 0 atom stereocenters. The van der Waals surface area contributed by atoms with Gasteiger partial charge in [0.15, 0.2) is 4.32 Å². The fourth-order valence-corrected chi connectivity index (χ4v) is 4.71. The number of halogens is 1. The van der Waals surface area contributed by atoms with Crippen LogP contribution in [0.3, 0.4) is 0 Å². The van der Waals surface area contributed by atoms with E-state index in [4.69, 9.17) is 23.8 Å².